The number of aliphatic carboxylic acids is 1. The molecule has 20 heavy (non-hydrogen) atoms. The molecule has 0 aromatic carbocycles. The normalized spacial score (nSPS) is 19.1. The van der Waals surface area contributed by atoms with Gasteiger partial charge >= 0.3 is 5.97 Å². The maximum atomic E-state index is 10.7. The van der Waals surface area contributed by atoms with Gasteiger partial charge < -0.3 is 5.11 Å². The molecule has 2 rings (SSSR count). The quantitative estimate of drug-likeness (QED) is 0.844. The topological polar surface area (TPSA) is 61.6 Å². The van der Waals surface area contributed by atoms with Crippen LogP contribution in [0.2, 0.25) is 0 Å². The third-order valence-electron chi connectivity index (χ3n) is 3.92. The van der Waals surface area contributed by atoms with Gasteiger partial charge in [-0.1, -0.05) is 6.92 Å². The molecule has 0 spiro atoms. The van der Waals surface area contributed by atoms with Gasteiger partial charge in [0.15, 0.2) is 0 Å². The number of hydrogen-bond acceptors (Lipinski definition) is 4. The molecule has 1 aliphatic heterocycles. The van der Waals surface area contributed by atoms with E-state index in [1.807, 2.05) is 15.8 Å². The Bertz CT molecular complexity index is 438. The van der Waals surface area contributed by atoms with Gasteiger partial charge in [-0.25, -0.2) is 0 Å². The minimum Gasteiger partial charge on any atom is -0.480 e. The zero-order valence-corrected chi connectivity index (χ0v) is 12.3. The molecule has 0 radical (unpaired) electrons. The Balaban J connectivity index is 1.80. The van der Waals surface area contributed by atoms with Crippen molar-refractivity contribution in [1.29, 1.82) is 0 Å². The molecule has 1 saturated heterocycles. The predicted octanol–water partition coefficient (Wildman–Crippen LogP) is 1.06. The van der Waals surface area contributed by atoms with Crippen molar-refractivity contribution < 1.29 is 9.90 Å². The number of carboxylic acid groups (broad SMARTS) is 1. The van der Waals surface area contributed by atoms with Gasteiger partial charge in [0.25, 0.3) is 0 Å². The molecule has 2 heterocycles. The van der Waals surface area contributed by atoms with E-state index in [1.165, 1.54) is 0 Å². The fraction of sp³-hybridized carbons (Fsp3) is 0.714. The van der Waals surface area contributed by atoms with Crippen LogP contribution in [0.5, 0.6) is 0 Å². The highest BCUT2D eigenvalue weighted by Gasteiger charge is 2.19. The lowest BCUT2D eigenvalue weighted by molar-refractivity contribution is -0.138. The third kappa shape index (κ3) is 4.05. The number of nitrogens with zero attached hydrogens (tertiary/aromatic N) is 4. The molecular formula is C14H24N4O2. The summed E-state index contributed by atoms with van der Waals surface area (Å²) in [7, 11) is 0. The number of piperazine rings is 1. The van der Waals surface area contributed by atoms with E-state index in [-0.39, 0.29) is 6.54 Å². The molecular weight excluding hydrogens is 256 g/mol. The Kier molecular flexibility index (Phi) is 5.14. The molecule has 1 aromatic heterocycles. The van der Waals surface area contributed by atoms with E-state index in [4.69, 9.17) is 5.11 Å². The molecule has 0 aliphatic carbocycles. The van der Waals surface area contributed by atoms with Gasteiger partial charge in [-0.3, -0.25) is 19.3 Å². The van der Waals surface area contributed by atoms with Crippen molar-refractivity contribution in [2.24, 2.45) is 0 Å². The van der Waals surface area contributed by atoms with Gasteiger partial charge in [-0.05, 0) is 19.4 Å². The standard InChI is InChI=1S/C14H24N4O2/c1-3-12(2)18-5-4-13(15-18)10-16-6-8-17(9-7-16)11-14(19)20/h4-5,12H,3,6-11H2,1-2H3,(H,19,20). The fourth-order valence-corrected chi connectivity index (χ4v) is 2.42. The van der Waals surface area contributed by atoms with Crippen molar-refractivity contribution in [1.82, 2.24) is 19.6 Å². The van der Waals surface area contributed by atoms with Crippen LogP contribution in [0.1, 0.15) is 32.0 Å². The molecule has 0 saturated carbocycles. The predicted molar refractivity (Wildman–Crippen MR) is 76.6 cm³/mol. The van der Waals surface area contributed by atoms with Crippen molar-refractivity contribution in [3.05, 3.63) is 18.0 Å². The van der Waals surface area contributed by atoms with Crippen molar-refractivity contribution >= 4 is 5.97 Å². The van der Waals surface area contributed by atoms with Crippen molar-refractivity contribution in [3.63, 3.8) is 0 Å². The fourth-order valence-electron chi connectivity index (χ4n) is 2.42. The Hall–Kier alpha value is -1.40. The zero-order chi connectivity index (χ0) is 14.5. The average molecular weight is 280 g/mol. The van der Waals surface area contributed by atoms with E-state index in [0.29, 0.717) is 6.04 Å². The second-order valence-electron chi connectivity index (χ2n) is 5.49. The molecule has 1 aromatic rings. The summed E-state index contributed by atoms with van der Waals surface area (Å²) >= 11 is 0. The molecule has 1 N–H and O–H groups in total. The number of aromatic nitrogens is 2. The van der Waals surface area contributed by atoms with Crippen molar-refractivity contribution in [2.75, 3.05) is 32.7 Å². The van der Waals surface area contributed by atoms with Gasteiger partial charge in [-0.15, -0.1) is 0 Å². The summed E-state index contributed by atoms with van der Waals surface area (Å²) in [5.74, 6) is -0.745. The van der Waals surface area contributed by atoms with Crippen LogP contribution in [0.15, 0.2) is 12.3 Å². The molecule has 1 unspecified atom stereocenters. The Morgan fingerprint density at radius 2 is 2.00 bits per heavy atom. The average Bonchev–Trinajstić information content (AvgIpc) is 2.88. The number of carboxylic acids is 1. The summed E-state index contributed by atoms with van der Waals surface area (Å²) in [6, 6.07) is 2.52. The van der Waals surface area contributed by atoms with Gasteiger partial charge in [0.2, 0.25) is 0 Å². The molecule has 1 fully saturated rings. The number of carbonyl (C=O) groups is 1. The minimum absolute atomic E-state index is 0.149. The van der Waals surface area contributed by atoms with Crippen LogP contribution in [-0.2, 0) is 11.3 Å². The first kappa shape index (κ1) is 15.0. The SMILES string of the molecule is CCC(C)n1ccc(CN2CCN(CC(=O)O)CC2)n1. The van der Waals surface area contributed by atoms with E-state index in [9.17, 15) is 4.79 Å². The van der Waals surface area contributed by atoms with E-state index in [2.05, 4.69) is 29.9 Å². The lowest BCUT2D eigenvalue weighted by Crippen LogP contribution is -2.47. The minimum atomic E-state index is -0.745. The first-order valence-corrected chi connectivity index (χ1v) is 7.29. The molecule has 6 nitrogen and oxygen atoms in total. The van der Waals surface area contributed by atoms with Crippen LogP contribution in [0.3, 0.4) is 0 Å². The summed E-state index contributed by atoms with van der Waals surface area (Å²) < 4.78 is 2.02. The van der Waals surface area contributed by atoms with Crippen LogP contribution in [0.4, 0.5) is 0 Å². The molecule has 0 bridgehead atoms. The summed E-state index contributed by atoms with van der Waals surface area (Å²) in [5.41, 5.74) is 1.09. The highest BCUT2D eigenvalue weighted by molar-refractivity contribution is 5.69. The summed E-state index contributed by atoms with van der Waals surface area (Å²) in [4.78, 5) is 15.0. The van der Waals surface area contributed by atoms with E-state index in [1.54, 1.807) is 0 Å². The smallest absolute Gasteiger partial charge is 0.317 e. The Morgan fingerprint density at radius 1 is 1.35 bits per heavy atom. The van der Waals surface area contributed by atoms with Crippen LogP contribution < -0.4 is 0 Å². The monoisotopic (exact) mass is 280 g/mol. The second-order valence-corrected chi connectivity index (χ2v) is 5.49. The zero-order valence-electron chi connectivity index (χ0n) is 12.3. The van der Waals surface area contributed by atoms with E-state index >= 15 is 0 Å². The summed E-state index contributed by atoms with van der Waals surface area (Å²) in [6.45, 7) is 8.78. The highest BCUT2D eigenvalue weighted by Crippen LogP contribution is 2.11. The van der Waals surface area contributed by atoms with E-state index < -0.39 is 5.97 Å². The molecule has 112 valence electrons. The van der Waals surface area contributed by atoms with Gasteiger partial charge in [0, 0.05) is 45.0 Å². The third-order valence-corrected chi connectivity index (χ3v) is 3.92. The number of rotatable bonds is 6. The Labute approximate surface area is 120 Å². The first-order valence-electron chi connectivity index (χ1n) is 7.29. The lowest BCUT2D eigenvalue weighted by atomic mass is 10.3. The van der Waals surface area contributed by atoms with Gasteiger partial charge in [0.1, 0.15) is 0 Å². The second kappa shape index (κ2) is 6.85. The maximum Gasteiger partial charge on any atom is 0.317 e. The van der Waals surface area contributed by atoms with Crippen molar-refractivity contribution in [2.45, 2.75) is 32.9 Å². The molecule has 1 aliphatic rings. The van der Waals surface area contributed by atoms with Gasteiger partial charge in [0.05, 0.1) is 12.2 Å². The van der Waals surface area contributed by atoms with Crippen LogP contribution in [0.25, 0.3) is 0 Å². The largest absolute Gasteiger partial charge is 0.480 e. The van der Waals surface area contributed by atoms with Crippen molar-refractivity contribution in [3.8, 4) is 0 Å². The summed E-state index contributed by atoms with van der Waals surface area (Å²) in [5, 5.41) is 13.4. The van der Waals surface area contributed by atoms with Crippen LogP contribution in [0, 0.1) is 0 Å². The summed E-state index contributed by atoms with van der Waals surface area (Å²) in [6.07, 6.45) is 3.12. The molecule has 6 heteroatoms. The van der Waals surface area contributed by atoms with Crippen LogP contribution >= 0.6 is 0 Å². The van der Waals surface area contributed by atoms with Crippen LogP contribution in [-0.4, -0.2) is 63.4 Å². The highest BCUT2D eigenvalue weighted by atomic mass is 16.4. The first-order chi connectivity index (χ1) is 9.58. The number of hydrogen-bond donors (Lipinski definition) is 1. The molecule has 0 amide bonds. The molecule has 1 atom stereocenters. The van der Waals surface area contributed by atoms with Gasteiger partial charge in [-0.2, -0.15) is 5.10 Å². The van der Waals surface area contributed by atoms with E-state index in [0.717, 1.165) is 44.8 Å². The lowest BCUT2D eigenvalue weighted by Gasteiger charge is -2.33. The maximum absolute atomic E-state index is 10.7. The Morgan fingerprint density at radius 3 is 2.60 bits per heavy atom.